The molecule has 0 aliphatic rings. The van der Waals surface area contributed by atoms with Gasteiger partial charge in [-0.05, 0) is 50.5 Å². The Kier molecular flexibility index (Phi) is 6.19. The number of nitrogens with one attached hydrogen (secondary N) is 1. The summed E-state index contributed by atoms with van der Waals surface area (Å²) >= 11 is 1.42. The van der Waals surface area contributed by atoms with E-state index in [2.05, 4.69) is 20.4 Å². The monoisotopic (exact) mass is 466 g/mol. The minimum atomic E-state index is -0.582. The van der Waals surface area contributed by atoms with Gasteiger partial charge in [-0.3, -0.25) is 9.59 Å². The fourth-order valence-electron chi connectivity index (χ4n) is 3.70. The van der Waals surface area contributed by atoms with Crippen LogP contribution in [0.2, 0.25) is 0 Å². The zero-order valence-electron chi connectivity index (χ0n) is 18.5. The summed E-state index contributed by atoms with van der Waals surface area (Å²) in [7, 11) is 0. The predicted octanol–water partition coefficient (Wildman–Crippen LogP) is 3.51. The number of carbonyl (C=O) groups excluding carboxylic acids is 2. The number of carbonyl (C=O) groups is 2. The molecule has 0 saturated carbocycles. The molecule has 0 radical (unpaired) electrons. The van der Waals surface area contributed by atoms with Gasteiger partial charge in [0.1, 0.15) is 11.4 Å². The third-order valence-electron chi connectivity index (χ3n) is 5.49. The molecule has 1 aromatic carbocycles. The maximum atomic E-state index is 13.1. The molecule has 8 nitrogen and oxygen atoms in total. The van der Waals surface area contributed by atoms with Crippen molar-refractivity contribution in [3.63, 3.8) is 0 Å². The molecule has 10 heteroatoms. The lowest BCUT2D eigenvalue weighted by molar-refractivity contribution is -0.116. The van der Waals surface area contributed by atoms with Gasteiger partial charge in [0.2, 0.25) is 5.91 Å². The van der Waals surface area contributed by atoms with Crippen LogP contribution in [0.1, 0.15) is 49.9 Å². The lowest BCUT2D eigenvalue weighted by Crippen LogP contribution is -2.15. The first-order valence-electron chi connectivity index (χ1n) is 10.4. The fraction of sp³-hybridized carbons (Fsp3) is 0.261. The van der Waals surface area contributed by atoms with Crippen LogP contribution in [0, 0.1) is 26.6 Å². The quantitative estimate of drug-likeness (QED) is 0.432. The molecule has 33 heavy (non-hydrogen) atoms. The molecule has 0 aliphatic carbocycles. The van der Waals surface area contributed by atoms with Crippen LogP contribution >= 0.6 is 11.3 Å². The number of amides is 2. The van der Waals surface area contributed by atoms with Crippen molar-refractivity contribution in [1.82, 2.24) is 19.6 Å². The first-order chi connectivity index (χ1) is 15.7. The van der Waals surface area contributed by atoms with E-state index < -0.39 is 5.91 Å². The highest BCUT2D eigenvalue weighted by molar-refractivity contribution is 7.15. The second-order valence-electron chi connectivity index (χ2n) is 7.80. The van der Waals surface area contributed by atoms with E-state index in [4.69, 9.17) is 5.73 Å². The Morgan fingerprint density at radius 3 is 2.55 bits per heavy atom. The van der Waals surface area contributed by atoms with E-state index >= 15 is 0 Å². The van der Waals surface area contributed by atoms with Gasteiger partial charge in [0.15, 0.2) is 10.8 Å². The standard InChI is InChI=1S/C23H23FN6O2S/c1-12-17(14(3)30-22(27-12)18(11-26-30)21(25)32)8-9-20(31)29-23-28-13(2)19(33-23)10-15-4-6-16(24)7-5-15/h4-7,11H,8-10H2,1-3H3,(H2,25,32)(H,28,29,31). The van der Waals surface area contributed by atoms with Crippen molar-refractivity contribution in [2.45, 2.75) is 40.0 Å². The minimum absolute atomic E-state index is 0.158. The van der Waals surface area contributed by atoms with Gasteiger partial charge in [-0.1, -0.05) is 12.1 Å². The predicted molar refractivity (Wildman–Crippen MR) is 124 cm³/mol. The molecule has 3 aromatic heterocycles. The molecule has 0 atom stereocenters. The van der Waals surface area contributed by atoms with Crippen molar-refractivity contribution < 1.29 is 14.0 Å². The summed E-state index contributed by atoms with van der Waals surface area (Å²) in [6.07, 6.45) is 2.73. The van der Waals surface area contributed by atoms with E-state index in [9.17, 15) is 14.0 Å². The highest BCUT2D eigenvalue weighted by Crippen LogP contribution is 2.26. The van der Waals surface area contributed by atoms with Gasteiger partial charge in [0, 0.05) is 29.1 Å². The van der Waals surface area contributed by atoms with Crippen molar-refractivity contribution in [3.8, 4) is 0 Å². The van der Waals surface area contributed by atoms with Crippen molar-refractivity contribution in [2.24, 2.45) is 5.73 Å². The average Bonchev–Trinajstić information content (AvgIpc) is 3.33. The van der Waals surface area contributed by atoms with Crippen LogP contribution in [-0.2, 0) is 17.6 Å². The van der Waals surface area contributed by atoms with Crippen molar-refractivity contribution in [3.05, 3.63) is 74.9 Å². The molecule has 0 aliphatic heterocycles. The molecule has 0 saturated heterocycles. The summed E-state index contributed by atoms with van der Waals surface area (Å²) in [4.78, 5) is 34.1. The first kappa shape index (κ1) is 22.5. The SMILES string of the molecule is Cc1nc(NC(=O)CCc2c(C)nc3c(C(N)=O)cnn3c2C)sc1Cc1ccc(F)cc1. The number of benzene rings is 1. The van der Waals surface area contributed by atoms with E-state index in [1.165, 1.54) is 29.7 Å². The largest absolute Gasteiger partial charge is 0.365 e. The number of hydrogen-bond acceptors (Lipinski definition) is 6. The highest BCUT2D eigenvalue weighted by atomic mass is 32.1. The summed E-state index contributed by atoms with van der Waals surface area (Å²) in [6, 6.07) is 6.35. The first-order valence-corrected chi connectivity index (χ1v) is 11.2. The molecular weight excluding hydrogens is 443 g/mol. The van der Waals surface area contributed by atoms with Gasteiger partial charge in [-0.2, -0.15) is 5.10 Å². The Labute approximate surface area is 193 Å². The van der Waals surface area contributed by atoms with E-state index in [1.54, 1.807) is 16.6 Å². The van der Waals surface area contributed by atoms with Crippen LogP contribution < -0.4 is 11.1 Å². The number of rotatable bonds is 7. The van der Waals surface area contributed by atoms with Gasteiger partial charge in [-0.25, -0.2) is 18.9 Å². The van der Waals surface area contributed by atoms with Gasteiger partial charge < -0.3 is 11.1 Å². The van der Waals surface area contributed by atoms with Crippen molar-refractivity contribution >= 4 is 33.9 Å². The van der Waals surface area contributed by atoms with Crippen LogP contribution in [0.4, 0.5) is 9.52 Å². The van der Waals surface area contributed by atoms with Crippen molar-refractivity contribution in [2.75, 3.05) is 5.32 Å². The minimum Gasteiger partial charge on any atom is -0.365 e. The molecule has 170 valence electrons. The average molecular weight is 467 g/mol. The van der Waals surface area contributed by atoms with Gasteiger partial charge >= 0.3 is 0 Å². The summed E-state index contributed by atoms with van der Waals surface area (Å²) in [5.74, 6) is -1.01. The molecule has 3 N–H and O–H groups in total. The van der Waals surface area contributed by atoms with E-state index in [1.807, 2.05) is 20.8 Å². The molecule has 3 heterocycles. The number of nitrogens with two attached hydrogens (primary N) is 1. The number of anilines is 1. The van der Waals surface area contributed by atoms with Crippen LogP contribution in [0.15, 0.2) is 30.5 Å². The van der Waals surface area contributed by atoms with Crippen LogP contribution in [0.5, 0.6) is 0 Å². The number of aryl methyl sites for hydroxylation is 3. The molecular formula is C23H23FN6O2S. The lowest BCUT2D eigenvalue weighted by atomic mass is 10.1. The normalized spacial score (nSPS) is 11.2. The Hall–Kier alpha value is -3.66. The number of fused-ring (bicyclic) bond motifs is 1. The molecule has 4 aromatic rings. The Balaban J connectivity index is 1.43. The smallest absolute Gasteiger partial charge is 0.254 e. The number of aromatic nitrogens is 4. The zero-order chi connectivity index (χ0) is 23.7. The number of nitrogens with zero attached hydrogens (tertiary/aromatic N) is 4. The molecule has 4 rings (SSSR count). The molecule has 0 unspecified atom stereocenters. The van der Waals surface area contributed by atoms with Gasteiger partial charge in [0.25, 0.3) is 5.91 Å². The fourth-order valence-corrected chi connectivity index (χ4v) is 4.71. The van der Waals surface area contributed by atoms with Crippen molar-refractivity contribution in [1.29, 1.82) is 0 Å². The number of hydrogen-bond donors (Lipinski definition) is 2. The molecule has 0 spiro atoms. The third-order valence-corrected chi connectivity index (χ3v) is 6.57. The topological polar surface area (TPSA) is 115 Å². The second kappa shape index (κ2) is 9.07. The Morgan fingerprint density at radius 2 is 1.85 bits per heavy atom. The summed E-state index contributed by atoms with van der Waals surface area (Å²) < 4.78 is 14.7. The summed E-state index contributed by atoms with van der Waals surface area (Å²) in [5.41, 5.74) is 10.3. The van der Waals surface area contributed by atoms with Crippen LogP contribution in [0.25, 0.3) is 5.65 Å². The second-order valence-corrected chi connectivity index (χ2v) is 8.88. The molecule has 0 fully saturated rings. The lowest BCUT2D eigenvalue weighted by Gasteiger charge is -2.11. The summed E-state index contributed by atoms with van der Waals surface area (Å²) in [6.45, 7) is 5.60. The number of thiazole rings is 1. The highest BCUT2D eigenvalue weighted by Gasteiger charge is 2.18. The van der Waals surface area contributed by atoms with Gasteiger partial charge in [0.05, 0.1) is 11.9 Å². The van der Waals surface area contributed by atoms with E-state index in [-0.39, 0.29) is 23.7 Å². The molecule has 0 bridgehead atoms. The van der Waals surface area contributed by atoms with E-state index in [0.29, 0.717) is 23.6 Å². The number of halogens is 1. The summed E-state index contributed by atoms with van der Waals surface area (Å²) in [5, 5.41) is 7.62. The maximum Gasteiger partial charge on any atom is 0.254 e. The van der Waals surface area contributed by atoms with Crippen LogP contribution in [0.3, 0.4) is 0 Å². The number of primary amides is 1. The third kappa shape index (κ3) is 4.75. The zero-order valence-corrected chi connectivity index (χ0v) is 19.3. The molecule has 2 amide bonds. The van der Waals surface area contributed by atoms with E-state index in [0.717, 1.165) is 33.1 Å². The Bertz CT molecular complexity index is 1360. The van der Waals surface area contributed by atoms with Crippen LogP contribution in [-0.4, -0.2) is 31.4 Å². The Morgan fingerprint density at radius 1 is 1.12 bits per heavy atom. The maximum absolute atomic E-state index is 13.1. The van der Waals surface area contributed by atoms with Gasteiger partial charge in [-0.15, -0.1) is 11.3 Å².